The van der Waals surface area contributed by atoms with Crippen LogP contribution in [0.25, 0.3) is 6.08 Å². The molecule has 0 N–H and O–H groups in total. The second kappa shape index (κ2) is 6.00. The van der Waals surface area contributed by atoms with Crippen LogP contribution in [0.5, 0.6) is 0 Å². The Balaban J connectivity index is 3.73. The molecule has 1 rings (SSSR count). The average molecular weight is 258 g/mol. The van der Waals surface area contributed by atoms with E-state index in [9.17, 15) is 19.2 Å². The SMILES string of the molecule is CC(=O)c1ccc(/C=C/C=O)c(C(C)=O)c1C(C)=O. The number of rotatable bonds is 5. The molecule has 0 saturated heterocycles. The zero-order valence-corrected chi connectivity index (χ0v) is 11.0. The molecule has 19 heavy (non-hydrogen) atoms. The summed E-state index contributed by atoms with van der Waals surface area (Å²) in [6, 6.07) is 3.05. The molecule has 0 aliphatic carbocycles. The van der Waals surface area contributed by atoms with Gasteiger partial charge in [0.2, 0.25) is 0 Å². The van der Waals surface area contributed by atoms with E-state index in [0.717, 1.165) is 0 Å². The highest BCUT2D eigenvalue weighted by molar-refractivity contribution is 6.15. The maximum atomic E-state index is 11.7. The van der Waals surface area contributed by atoms with Crippen molar-refractivity contribution in [2.24, 2.45) is 0 Å². The van der Waals surface area contributed by atoms with Crippen LogP contribution in [0.4, 0.5) is 0 Å². The van der Waals surface area contributed by atoms with E-state index in [0.29, 0.717) is 11.8 Å². The van der Waals surface area contributed by atoms with Gasteiger partial charge in [0.1, 0.15) is 6.29 Å². The first-order valence-corrected chi connectivity index (χ1v) is 5.71. The molecular weight excluding hydrogens is 244 g/mol. The number of aldehydes is 1. The van der Waals surface area contributed by atoms with Crippen LogP contribution in [0.1, 0.15) is 57.4 Å². The average Bonchev–Trinajstić information content (AvgIpc) is 2.34. The van der Waals surface area contributed by atoms with E-state index in [1.165, 1.54) is 39.0 Å². The molecule has 0 unspecified atom stereocenters. The van der Waals surface area contributed by atoms with Crippen LogP contribution in [-0.2, 0) is 4.79 Å². The number of carbonyl (C=O) groups is 4. The Kier molecular flexibility index (Phi) is 4.64. The van der Waals surface area contributed by atoms with Gasteiger partial charge in [0.05, 0.1) is 0 Å². The lowest BCUT2D eigenvalue weighted by atomic mass is 9.89. The van der Waals surface area contributed by atoms with Gasteiger partial charge < -0.3 is 0 Å². The second-order valence-electron chi connectivity index (χ2n) is 4.12. The van der Waals surface area contributed by atoms with E-state index in [4.69, 9.17) is 0 Å². The van der Waals surface area contributed by atoms with Crippen LogP contribution in [0.2, 0.25) is 0 Å². The van der Waals surface area contributed by atoms with Gasteiger partial charge in [0, 0.05) is 16.7 Å². The Morgan fingerprint density at radius 3 is 1.89 bits per heavy atom. The second-order valence-corrected chi connectivity index (χ2v) is 4.12. The van der Waals surface area contributed by atoms with Gasteiger partial charge in [0.25, 0.3) is 0 Å². The standard InChI is InChI=1S/C15H14O4/c1-9(17)13-7-6-12(5-4-8-16)14(10(2)18)15(13)11(3)19/h4-8H,1-3H3/b5-4+. The summed E-state index contributed by atoms with van der Waals surface area (Å²) in [5, 5.41) is 0. The largest absolute Gasteiger partial charge is 0.299 e. The summed E-state index contributed by atoms with van der Waals surface area (Å²) < 4.78 is 0. The number of Topliss-reactive ketones (excluding diaryl/α,β-unsaturated/α-hetero) is 3. The summed E-state index contributed by atoms with van der Waals surface area (Å²) in [4.78, 5) is 45.4. The van der Waals surface area contributed by atoms with Gasteiger partial charge in [-0.1, -0.05) is 18.2 Å². The van der Waals surface area contributed by atoms with Crippen LogP contribution >= 0.6 is 0 Å². The number of ketones is 3. The normalized spacial score (nSPS) is 10.5. The van der Waals surface area contributed by atoms with E-state index in [1.54, 1.807) is 6.07 Å². The Bertz CT molecular complexity index is 594. The lowest BCUT2D eigenvalue weighted by Gasteiger charge is -2.11. The first-order chi connectivity index (χ1) is 8.90. The molecule has 0 heterocycles. The lowest BCUT2D eigenvalue weighted by molar-refractivity contribution is -0.104. The highest BCUT2D eigenvalue weighted by Gasteiger charge is 2.20. The number of carbonyl (C=O) groups excluding carboxylic acids is 4. The molecule has 4 nitrogen and oxygen atoms in total. The maximum absolute atomic E-state index is 11.7. The predicted octanol–water partition coefficient (Wildman–Crippen LogP) is 2.51. The van der Waals surface area contributed by atoms with Crippen molar-refractivity contribution in [3.05, 3.63) is 40.5 Å². The van der Waals surface area contributed by atoms with Crippen molar-refractivity contribution in [3.8, 4) is 0 Å². The van der Waals surface area contributed by atoms with Crippen LogP contribution in [0, 0.1) is 0 Å². The van der Waals surface area contributed by atoms with Gasteiger partial charge >= 0.3 is 0 Å². The van der Waals surface area contributed by atoms with E-state index < -0.39 is 0 Å². The third-order valence-corrected chi connectivity index (χ3v) is 2.68. The van der Waals surface area contributed by atoms with Crippen LogP contribution < -0.4 is 0 Å². The van der Waals surface area contributed by atoms with Gasteiger partial charge in [0.15, 0.2) is 17.3 Å². The van der Waals surface area contributed by atoms with Crippen molar-refractivity contribution in [2.75, 3.05) is 0 Å². The highest BCUT2D eigenvalue weighted by atomic mass is 16.1. The number of benzene rings is 1. The predicted molar refractivity (Wildman–Crippen MR) is 71.6 cm³/mol. The summed E-state index contributed by atoms with van der Waals surface area (Å²) in [6.07, 6.45) is 3.26. The molecule has 0 fully saturated rings. The third-order valence-electron chi connectivity index (χ3n) is 2.68. The molecule has 0 saturated carbocycles. The van der Waals surface area contributed by atoms with Gasteiger partial charge in [-0.2, -0.15) is 0 Å². The summed E-state index contributed by atoms with van der Waals surface area (Å²) in [5.41, 5.74) is 0.974. The summed E-state index contributed by atoms with van der Waals surface area (Å²) in [6.45, 7) is 3.97. The third kappa shape index (κ3) is 3.10. The Morgan fingerprint density at radius 1 is 0.895 bits per heavy atom. The van der Waals surface area contributed by atoms with Gasteiger partial charge in [-0.05, 0) is 32.4 Å². The van der Waals surface area contributed by atoms with Crippen LogP contribution in [0.15, 0.2) is 18.2 Å². The van der Waals surface area contributed by atoms with Crippen molar-refractivity contribution in [3.63, 3.8) is 0 Å². The quantitative estimate of drug-likeness (QED) is 0.462. The Morgan fingerprint density at radius 2 is 1.47 bits per heavy atom. The molecule has 0 amide bonds. The number of hydrogen-bond acceptors (Lipinski definition) is 4. The monoisotopic (exact) mass is 258 g/mol. The van der Waals surface area contributed by atoms with Crippen molar-refractivity contribution >= 4 is 29.7 Å². The Hall–Kier alpha value is -2.36. The van der Waals surface area contributed by atoms with E-state index in [-0.39, 0.29) is 34.0 Å². The lowest BCUT2D eigenvalue weighted by Crippen LogP contribution is -2.12. The minimum absolute atomic E-state index is 0.119. The molecule has 0 bridgehead atoms. The Labute approximate surface area is 111 Å². The molecule has 1 aromatic rings. The maximum Gasteiger partial charge on any atom is 0.161 e. The van der Waals surface area contributed by atoms with Gasteiger partial charge in [-0.15, -0.1) is 0 Å². The van der Waals surface area contributed by atoms with Crippen LogP contribution in [0.3, 0.4) is 0 Å². The van der Waals surface area contributed by atoms with E-state index in [2.05, 4.69) is 0 Å². The molecule has 0 aliphatic heterocycles. The molecule has 4 heteroatoms. The molecule has 0 atom stereocenters. The first kappa shape index (κ1) is 14.7. The zero-order valence-electron chi connectivity index (χ0n) is 11.0. The minimum Gasteiger partial charge on any atom is -0.299 e. The smallest absolute Gasteiger partial charge is 0.161 e. The number of hydrogen-bond donors (Lipinski definition) is 0. The van der Waals surface area contributed by atoms with Crippen molar-refractivity contribution in [2.45, 2.75) is 20.8 Å². The van der Waals surface area contributed by atoms with Crippen molar-refractivity contribution in [1.29, 1.82) is 0 Å². The van der Waals surface area contributed by atoms with Crippen LogP contribution in [-0.4, -0.2) is 23.6 Å². The molecule has 0 spiro atoms. The fourth-order valence-corrected chi connectivity index (χ4v) is 1.94. The molecule has 0 aliphatic rings. The topological polar surface area (TPSA) is 68.3 Å². The van der Waals surface area contributed by atoms with Crippen molar-refractivity contribution in [1.82, 2.24) is 0 Å². The summed E-state index contributed by atoms with van der Waals surface area (Å²) in [5.74, 6) is -0.950. The number of allylic oxidation sites excluding steroid dienone is 1. The highest BCUT2D eigenvalue weighted by Crippen LogP contribution is 2.22. The molecule has 1 aromatic carbocycles. The van der Waals surface area contributed by atoms with E-state index in [1.807, 2.05) is 0 Å². The molecule has 98 valence electrons. The van der Waals surface area contributed by atoms with Gasteiger partial charge in [-0.3, -0.25) is 19.2 Å². The zero-order chi connectivity index (χ0) is 14.6. The minimum atomic E-state index is -0.350. The van der Waals surface area contributed by atoms with Crippen molar-refractivity contribution < 1.29 is 19.2 Å². The summed E-state index contributed by atoms with van der Waals surface area (Å²) in [7, 11) is 0. The van der Waals surface area contributed by atoms with E-state index >= 15 is 0 Å². The summed E-state index contributed by atoms with van der Waals surface area (Å²) >= 11 is 0. The van der Waals surface area contributed by atoms with Gasteiger partial charge in [-0.25, -0.2) is 0 Å². The first-order valence-electron chi connectivity index (χ1n) is 5.71. The molecule has 0 aromatic heterocycles. The fourth-order valence-electron chi connectivity index (χ4n) is 1.94. The molecule has 0 radical (unpaired) electrons. The fraction of sp³-hybridized carbons (Fsp3) is 0.200. The molecular formula is C15H14O4.